The number of benzene rings is 2. The Bertz CT molecular complexity index is 1200. The maximum atomic E-state index is 9.91. The first-order valence-electron chi connectivity index (χ1n) is 12.0. The van der Waals surface area contributed by atoms with Crippen molar-refractivity contribution in [3.63, 3.8) is 0 Å². The molecule has 3 aromatic rings. The Labute approximate surface area is 207 Å². The molecule has 0 atom stereocenters. The van der Waals surface area contributed by atoms with Gasteiger partial charge in [-0.25, -0.2) is 9.97 Å². The number of hydrogen-bond donors (Lipinski definition) is 2. The number of hydrogen-bond acceptors (Lipinski definition) is 7. The highest BCUT2D eigenvalue weighted by molar-refractivity contribution is 5.56. The van der Waals surface area contributed by atoms with Gasteiger partial charge in [0.25, 0.3) is 0 Å². The van der Waals surface area contributed by atoms with Crippen molar-refractivity contribution in [2.75, 3.05) is 32.6 Å². The third kappa shape index (κ3) is 5.72. The van der Waals surface area contributed by atoms with Gasteiger partial charge in [-0.15, -0.1) is 0 Å². The Balaban J connectivity index is 1.54. The minimum Gasteiger partial charge on any atom is -0.491 e. The first-order valence-corrected chi connectivity index (χ1v) is 12.0. The maximum Gasteiger partial charge on any atom is 0.222 e. The lowest BCUT2D eigenvalue weighted by Crippen LogP contribution is -2.20. The summed E-state index contributed by atoms with van der Waals surface area (Å²) in [6.45, 7) is 6.03. The molecule has 1 fully saturated rings. The molecule has 0 bridgehead atoms. The van der Waals surface area contributed by atoms with Crippen LogP contribution in [0.5, 0.6) is 11.5 Å². The number of nitriles is 1. The summed E-state index contributed by atoms with van der Waals surface area (Å²) in [7, 11) is 3.69. The molecule has 0 aliphatic heterocycles. The van der Waals surface area contributed by atoms with Crippen LogP contribution in [0.4, 0.5) is 5.95 Å². The van der Waals surface area contributed by atoms with Crippen molar-refractivity contribution in [2.24, 2.45) is 0 Å². The van der Waals surface area contributed by atoms with E-state index in [1.165, 1.54) is 0 Å². The molecule has 1 aromatic heterocycles. The van der Waals surface area contributed by atoms with Crippen LogP contribution in [0.25, 0.3) is 0 Å². The monoisotopic (exact) mass is 471 g/mol. The molecule has 0 radical (unpaired) electrons. The number of aromatic nitrogens is 2. The van der Waals surface area contributed by atoms with E-state index in [1.807, 2.05) is 31.3 Å². The number of nitrogens with one attached hydrogen (secondary N) is 2. The molecule has 0 spiro atoms. The van der Waals surface area contributed by atoms with Crippen LogP contribution in [0.1, 0.15) is 60.6 Å². The summed E-state index contributed by atoms with van der Waals surface area (Å²) in [6, 6.07) is 16.6. The summed E-state index contributed by atoms with van der Waals surface area (Å²) in [5, 5.41) is 15.9. The third-order valence-corrected chi connectivity index (χ3v) is 6.48. The highest BCUT2D eigenvalue weighted by atomic mass is 16.5. The van der Waals surface area contributed by atoms with Crippen LogP contribution in [0.3, 0.4) is 0 Å². The number of ether oxygens (including phenoxy) is 2. The lowest BCUT2D eigenvalue weighted by molar-refractivity contribution is 0.301. The van der Waals surface area contributed by atoms with Crippen molar-refractivity contribution in [3.05, 3.63) is 76.6 Å². The first kappa shape index (κ1) is 24.5. The Hall–Kier alpha value is -3.63. The van der Waals surface area contributed by atoms with Gasteiger partial charge in [0, 0.05) is 25.2 Å². The number of rotatable bonds is 11. The fourth-order valence-corrected chi connectivity index (χ4v) is 4.10. The lowest BCUT2D eigenvalue weighted by Gasteiger charge is -2.28. The topological polar surface area (TPSA) is 92.1 Å². The Morgan fingerprint density at radius 2 is 1.83 bits per heavy atom. The van der Waals surface area contributed by atoms with Gasteiger partial charge < -0.3 is 20.1 Å². The van der Waals surface area contributed by atoms with Crippen LogP contribution in [-0.4, -0.2) is 37.2 Å². The summed E-state index contributed by atoms with van der Waals surface area (Å²) in [6.07, 6.45) is 4.00. The van der Waals surface area contributed by atoms with E-state index in [9.17, 15) is 5.26 Å². The Morgan fingerprint density at radius 1 is 1.06 bits per heavy atom. The third-order valence-electron chi connectivity index (χ3n) is 6.48. The van der Waals surface area contributed by atoms with Crippen molar-refractivity contribution in [1.82, 2.24) is 15.3 Å². The van der Waals surface area contributed by atoms with Crippen LogP contribution in [0, 0.1) is 11.3 Å². The van der Waals surface area contributed by atoms with Crippen LogP contribution in [-0.2, 0) is 12.0 Å². The summed E-state index contributed by atoms with van der Waals surface area (Å²) >= 11 is 0. The molecule has 2 aromatic carbocycles. The molecule has 35 heavy (non-hydrogen) atoms. The molecular formula is C28H33N5O2. The Kier molecular flexibility index (Phi) is 7.52. The van der Waals surface area contributed by atoms with Gasteiger partial charge in [-0.05, 0) is 66.8 Å². The van der Waals surface area contributed by atoms with E-state index in [-0.39, 0.29) is 5.41 Å². The molecule has 0 saturated heterocycles. The smallest absolute Gasteiger partial charge is 0.222 e. The van der Waals surface area contributed by atoms with E-state index in [0.29, 0.717) is 30.6 Å². The van der Waals surface area contributed by atoms with Crippen LogP contribution in [0.2, 0.25) is 0 Å². The number of likely N-dealkylation sites (N-methyl/N-ethyl adjacent to an activating group) is 1. The van der Waals surface area contributed by atoms with Gasteiger partial charge in [-0.3, -0.25) is 0 Å². The van der Waals surface area contributed by atoms with Gasteiger partial charge in [0.15, 0.2) is 0 Å². The quantitative estimate of drug-likeness (QED) is 0.389. The molecule has 1 saturated carbocycles. The van der Waals surface area contributed by atoms with Crippen LogP contribution < -0.4 is 20.1 Å². The fraction of sp³-hybridized carbons (Fsp3) is 0.393. The number of nitrogens with zero attached hydrogens (tertiary/aromatic N) is 3. The minimum absolute atomic E-state index is 0.286. The predicted octanol–water partition coefficient (Wildman–Crippen LogP) is 4.77. The average Bonchev–Trinajstić information content (AvgIpc) is 3.73. The van der Waals surface area contributed by atoms with Crippen molar-refractivity contribution in [2.45, 2.75) is 44.6 Å². The molecule has 0 amide bonds. The summed E-state index contributed by atoms with van der Waals surface area (Å²) in [5.41, 5.74) is 4.56. The first-order chi connectivity index (χ1) is 17.0. The molecule has 7 heteroatoms. The van der Waals surface area contributed by atoms with Crippen LogP contribution >= 0.6 is 0 Å². The van der Waals surface area contributed by atoms with Crippen molar-refractivity contribution in [1.29, 1.82) is 5.26 Å². The zero-order valence-corrected chi connectivity index (χ0v) is 20.9. The van der Waals surface area contributed by atoms with Crippen molar-refractivity contribution >= 4 is 5.95 Å². The zero-order valence-electron chi connectivity index (χ0n) is 20.9. The van der Waals surface area contributed by atoms with E-state index in [2.05, 4.69) is 58.7 Å². The van der Waals surface area contributed by atoms with E-state index in [0.717, 1.165) is 53.3 Å². The molecule has 4 rings (SSSR count). The summed E-state index contributed by atoms with van der Waals surface area (Å²) in [5.74, 6) is 2.57. The van der Waals surface area contributed by atoms with Crippen LogP contribution in [0.15, 0.2) is 48.7 Å². The van der Waals surface area contributed by atoms with Crippen molar-refractivity contribution < 1.29 is 9.47 Å². The fourth-order valence-electron chi connectivity index (χ4n) is 4.10. The van der Waals surface area contributed by atoms with E-state index >= 15 is 0 Å². The second-order valence-corrected chi connectivity index (χ2v) is 9.34. The maximum absolute atomic E-state index is 9.91. The Morgan fingerprint density at radius 3 is 2.49 bits per heavy atom. The zero-order chi connectivity index (χ0) is 24.8. The second kappa shape index (κ2) is 10.7. The van der Waals surface area contributed by atoms with E-state index in [1.54, 1.807) is 13.2 Å². The van der Waals surface area contributed by atoms with Gasteiger partial charge in [0.2, 0.25) is 5.95 Å². The largest absolute Gasteiger partial charge is 0.491 e. The molecule has 1 aliphatic rings. The average molecular weight is 472 g/mol. The lowest BCUT2D eigenvalue weighted by atomic mass is 9.76. The van der Waals surface area contributed by atoms with Gasteiger partial charge in [-0.2, -0.15) is 5.26 Å². The molecule has 7 nitrogen and oxygen atoms in total. The minimum atomic E-state index is -0.286. The normalized spacial score (nSPS) is 13.2. The molecule has 0 unspecified atom stereocenters. The summed E-state index contributed by atoms with van der Waals surface area (Å²) < 4.78 is 12.0. The number of anilines is 1. The van der Waals surface area contributed by atoms with Gasteiger partial charge in [0.1, 0.15) is 30.8 Å². The van der Waals surface area contributed by atoms with Gasteiger partial charge in [0.05, 0.1) is 11.3 Å². The SMILES string of the molecule is CNCCOc1c(C#N)cc(C(C)(C)c2ccc(OCc3ccnc(NC)n3)cc2)cc1C1CC1. The van der Waals surface area contributed by atoms with E-state index < -0.39 is 0 Å². The molecule has 1 heterocycles. The molecule has 182 valence electrons. The van der Waals surface area contributed by atoms with Crippen molar-refractivity contribution in [3.8, 4) is 17.6 Å². The standard InChI is InChI=1S/C28H33N5O2/c1-28(2,21-7-9-24(10-8-21)35-18-23-11-12-32-27(31-4)33-23)22-15-20(17-29)26(34-14-13-30-3)25(16-22)19-5-6-19/h7-12,15-16,19,30H,5-6,13-14,18H2,1-4H3,(H,31,32,33). The highest BCUT2D eigenvalue weighted by Gasteiger charge is 2.32. The summed E-state index contributed by atoms with van der Waals surface area (Å²) in [4.78, 5) is 8.52. The highest BCUT2D eigenvalue weighted by Crippen LogP contribution is 2.47. The van der Waals surface area contributed by atoms with E-state index in [4.69, 9.17) is 9.47 Å². The molecular weight excluding hydrogens is 438 g/mol. The second-order valence-electron chi connectivity index (χ2n) is 9.34. The van der Waals surface area contributed by atoms with Gasteiger partial charge in [-0.1, -0.05) is 32.0 Å². The predicted molar refractivity (Wildman–Crippen MR) is 137 cm³/mol. The molecule has 2 N–H and O–H groups in total. The molecule has 1 aliphatic carbocycles. The van der Waals surface area contributed by atoms with Gasteiger partial charge >= 0.3 is 0 Å².